The van der Waals surface area contributed by atoms with Crippen molar-refractivity contribution in [3.05, 3.63) is 38.4 Å². The zero-order chi connectivity index (χ0) is 13.1. The smallest absolute Gasteiger partial charge is 0.138 e. The van der Waals surface area contributed by atoms with Crippen LogP contribution >= 0.6 is 34.5 Å². The fourth-order valence-corrected chi connectivity index (χ4v) is 3.02. The molecular weight excluding hydrogens is 289 g/mol. The summed E-state index contributed by atoms with van der Waals surface area (Å²) in [4.78, 5) is 9.42. The van der Waals surface area contributed by atoms with Crippen LogP contribution in [0.3, 0.4) is 0 Å². The van der Waals surface area contributed by atoms with E-state index in [1.165, 1.54) is 6.33 Å². The highest BCUT2D eigenvalue weighted by atomic mass is 35.5. The van der Waals surface area contributed by atoms with Gasteiger partial charge < -0.3 is 5.32 Å². The number of nitrogens with zero attached hydrogens (tertiary/aromatic N) is 2. The van der Waals surface area contributed by atoms with Crippen molar-refractivity contribution in [1.29, 1.82) is 0 Å². The van der Waals surface area contributed by atoms with Gasteiger partial charge in [0, 0.05) is 10.4 Å². The highest BCUT2D eigenvalue weighted by Crippen LogP contribution is 2.29. The van der Waals surface area contributed by atoms with E-state index in [-0.39, 0.29) is 5.92 Å². The third kappa shape index (κ3) is 3.13. The molecule has 0 spiro atoms. The maximum Gasteiger partial charge on any atom is 0.138 e. The lowest BCUT2D eigenvalue weighted by Crippen LogP contribution is -2.06. The summed E-state index contributed by atoms with van der Waals surface area (Å²) < 4.78 is 0.789. The van der Waals surface area contributed by atoms with E-state index < -0.39 is 0 Å². The molecule has 0 bridgehead atoms. The Balaban J connectivity index is 2.16. The lowest BCUT2D eigenvalue weighted by Gasteiger charge is -2.13. The van der Waals surface area contributed by atoms with Gasteiger partial charge in [-0.25, -0.2) is 9.97 Å². The first-order chi connectivity index (χ1) is 8.58. The van der Waals surface area contributed by atoms with Crippen LogP contribution in [0, 0.1) is 0 Å². The molecule has 2 aromatic heterocycles. The average molecular weight is 302 g/mol. The van der Waals surface area contributed by atoms with E-state index >= 15 is 0 Å². The molecule has 3 nitrogen and oxygen atoms in total. The Hall–Kier alpha value is -0.840. The Morgan fingerprint density at radius 3 is 2.67 bits per heavy atom. The van der Waals surface area contributed by atoms with Crippen LogP contribution in [0.1, 0.15) is 30.2 Å². The van der Waals surface area contributed by atoms with Gasteiger partial charge in [0.2, 0.25) is 0 Å². The van der Waals surface area contributed by atoms with E-state index in [2.05, 4.69) is 29.1 Å². The van der Waals surface area contributed by atoms with Gasteiger partial charge in [-0.2, -0.15) is 0 Å². The molecule has 0 fully saturated rings. The molecule has 96 valence electrons. The maximum absolute atomic E-state index is 6.10. The van der Waals surface area contributed by atoms with Gasteiger partial charge in [0.25, 0.3) is 0 Å². The van der Waals surface area contributed by atoms with Crippen LogP contribution < -0.4 is 5.32 Å². The summed E-state index contributed by atoms with van der Waals surface area (Å²) in [6, 6.07) is 3.89. The summed E-state index contributed by atoms with van der Waals surface area (Å²) in [6.45, 7) is 4.82. The average Bonchev–Trinajstić information content (AvgIpc) is 2.72. The molecule has 0 amide bonds. The first-order valence-corrected chi connectivity index (χ1v) is 7.13. The van der Waals surface area contributed by atoms with E-state index in [0.717, 1.165) is 20.6 Å². The van der Waals surface area contributed by atoms with Gasteiger partial charge in [0.15, 0.2) is 0 Å². The Kier molecular flexibility index (Phi) is 4.43. The van der Waals surface area contributed by atoms with Crippen LogP contribution in [0.15, 0.2) is 18.5 Å². The van der Waals surface area contributed by atoms with E-state index in [1.54, 1.807) is 11.3 Å². The second-order valence-electron chi connectivity index (χ2n) is 4.14. The largest absolute Gasteiger partial charge is 0.365 e. The number of hydrogen-bond donors (Lipinski definition) is 1. The first-order valence-electron chi connectivity index (χ1n) is 5.56. The highest BCUT2D eigenvalue weighted by molar-refractivity contribution is 7.16. The summed E-state index contributed by atoms with van der Waals surface area (Å²) in [7, 11) is 0. The van der Waals surface area contributed by atoms with Crippen LogP contribution in [0.4, 0.5) is 5.82 Å². The van der Waals surface area contributed by atoms with E-state index in [4.69, 9.17) is 23.2 Å². The highest BCUT2D eigenvalue weighted by Gasteiger charge is 2.13. The molecule has 0 aromatic carbocycles. The molecular formula is C12H13Cl2N3S. The van der Waals surface area contributed by atoms with Crippen molar-refractivity contribution in [1.82, 2.24) is 9.97 Å². The molecule has 2 aromatic rings. The molecule has 0 aliphatic carbocycles. The summed E-state index contributed by atoms with van der Waals surface area (Å²) in [5.41, 5.74) is 0.946. The molecule has 0 saturated carbocycles. The molecule has 2 heterocycles. The molecule has 0 atom stereocenters. The SMILES string of the molecule is CC(C)c1c(Cl)ncnc1NCc1ccc(Cl)s1. The van der Waals surface area contributed by atoms with E-state index in [9.17, 15) is 0 Å². The van der Waals surface area contributed by atoms with Crippen LogP contribution in [0.25, 0.3) is 0 Å². The second kappa shape index (κ2) is 5.87. The maximum atomic E-state index is 6.10. The van der Waals surface area contributed by atoms with Gasteiger partial charge in [0.05, 0.1) is 10.9 Å². The summed E-state index contributed by atoms with van der Waals surface area (Å²) in [6.07, 6.45) is 1.47. The lowest BCUT2D eigenvalue weighted by molar-refractivity contribution is 0.845. The van der Waals surface area contributed by atoms with Gasteiger partial charge in [0.1, 0.15) is 17.3 Å². The van der Waals surface area contributed by atoms with E-state index in [1.807, 2.05) is 12.1 Å². The zero-order valence-corrected chi connectivity index (χ0v) is 12.4. The molecule has 0 aliphatic rings. The van der Waals surface area contributed by atoms with Crippen molar-refractivity contribution in [2.45, 2.75) is 26.3 Å². The topological polar surface area (TPSA) is 37.8 Å². The van der Waals surface area contributed by atoms with Gasteiger partial charge in [-0.05, 0) is 18.1 Å². The molecule has 0 saturated heterocycles. The number of halogens is 2. The van der Waals surface area contributed by atoms with Crippen molar-refractivity contribution in [3.63, 3.8) is 0 Å². The second-order valence-corrected chi connectivity index (χ2v) is 6.30. The van der Waals surface area contributed by atoms with Gasteiger partial charge in [-0.1, -0.05) is 37.0 Å². The minimum Gasteiger partial charge on any atom is -0.365 e. The quantitative estimate of drug-likeness (QED) is 0.840. The number of nitrogens with one attached hydrogen (secondary N) is 1. The van der Waals surface area contributed by atoms with Crippen molar-refractivity contribution in [2.75, 3.05) is 5.32 Å². The zero-order valence-electron chi connectivity index (χ0n) is 10.1. The first kappa shape index (κ1) is 13.6. The Morgan fingerprint density at radius 1 is 1.28 bits per heavy atom. The minimum atomic E-state index is 0.271. The fraction of sp³-hybridized carbons (Fsp3) is 0.333. The Labute approximate surface area is 120 Å². The van der Waals surface area contributed by atoms with Gasteiger partial charge in [-0.3, -0.25) is 0 Å². The molecule has 2 rings (SSSR count). The Morgan fingerprint density at radius 2 is 2.06 bits per heavy atom. The summed E-state index contributed by atoms with van der Waals surface area (Å²) in [5, 5.41) is 3.79. The number of hydrogen-bond acceptors (Lipinski definition) is 4. The minimum absolute atomic E-state index is 0.271. The lowest BCUT2D eigenvalue weighted by atomic mass is 10.1. The van der Waals surface area contributed by atoms with Gasteiger partial charge in [-0.15, -0.1) is 11.3 Å². The molecule has 1 N–H and O–H groups in total. The fourth-order valence-electron chi connectivity index (χ4n) is 1.64. The molecule has 0 unspecified atom stereocenters. The van der Waals surface area contributed by atoms with Crippen molar-refractivity contribution in [3.8, 4) is 0 Å². The van der Waals surface area contributed by atoms with Crippen LogP contribution in [-0.4, -0.2) is 9.97 Å². The monoisotopic (exact) mass is 301 g/mol. The molecule has 0 radical (unpaired) electrons. The summed E-state index contributed by atoms with van der Waals surface area (Å²) >= 11 is 13.5. The van der Waals surface area contributed by atoms with Crippen molar-refractivity contribution in [2.24, 2.45) is 0 Å². The van der Waals surface area contributed by atoms with Crippen LogP contribution in [0.2, 0.25) is 9.49 Å². The summed E-state index contributed by atoms with van der Waals surface area (Å²) in [5.74, 6) is 1.06. The standard InChI is InChI=1S/C12H13Cl2N3S/c1-7(2)10-11(14)16-6-17-12(10)15-5-8-3-4-9(13)18-8/h3-4,6-7H,5H2,1-2H3,(H,15,16,17). The Bertz CT molecular complexity index is 540. The normalized spacial score (nSPS) is 10.9. The van der Waals surface area contributed by atoms with Crippen molar-refractivity contribution < 1.29 is 0 Å². The molecule has 6 heteroatoms. The van der Waals surface area contributed by atoms with E-state index in [0.29, 0.717) is 11.7 Å². The van der Waals surface area contributed by atoms with Crippen LogP contribution in [0.5, 0.6) is 0 Å². The number of thiophene rings is 1. The molecule has 0 aliphatic heterocycles. The predicted molar refractivity (Wildman–Crippen MR) is 77.8 cm³/mol. The third-order valence-corrected chi connectivity index (χ3v) is 4.00. The number of rotatable bonds is 4. The predicted octanol–water partition coefficient (Wildman–Crippen LogP) is 4.58. The van der Waals surface area contributed by atoms with Gasteiger partial charge >= 0.3 is 0 Å². The third-order valence-electron chi connectivity index (χ3n) is 2.47. The van der Waals surface area contributed by atoms with Crippen molar-refractivity contribution >= 4 is 40.4 Å². The van der Waals surface area contributed by atoms with Crippen LogP contribution in [-0.2, 0) is 6.54 Å². The number of aromatic nitrogens is 2. The number of anilines is 1. The molecule has 18 heavy (non-hydrogen) atoms.